The van der Waals surface area contributed by atoms with Gasteiger partial charge in [-0.1, -0.05) is 109 Å². The van der Waals surface area contributed by atoms with Crippen LogP contribution in [0.1, 0.15) is 5.56 Å². The van der Waals surface area contributed by atoms with Crippen LogP contribution in [-0.2, 0) is 0 Å². The lowest BCUT2D eigenvalue weighted by molar-refractivity contribution is 1.30. The van der Waals surface area contributed by atoms with Gasteiger partial charge in [0.05, 0.1) is 0 Å². The first-order valence-electron chi connectivity index (χ1n) is 14.6. The topological polar surface area (TPSA) is 25.8 Å². The van der Waals surface area contributed by atoms with Crippen LogP contribution in [0.2, 0.25) is 0 Å². The van der Waals surface area contributed by atoms with E-state index in [0.717, 1.165) is 22.3 Å². The van der Waals surface area contributed by atoms with Crippen molar-refractivity contribution in [1.29, 1.82) is 0 Å². The van der Waals surface area contributed by atoms with Crippen molar-refractivity contribution in [2.45, 2.75) is 6.92 Å². The molecule has 0 fully saturated rings. The minimum atomic E-state index is 1.08. The molecule has 0 saturated carbocycles. The molecule has 0 aliphatic carbocycles. The largest absolute Gasteiger partial charge is 0.265 e. The van der Waals surface area contributed by atoms with Gasteiger partial charge < -0.3 is 0 Å². The maximum absolute atomic E-state index is 4.54. The van der Waals surface area contributed by atoms with Gasteiger partial charge in [0.2, 0.25) is 0 Å². The minimum Gasteiger partial charge on any atom is -0.265 e. The molecule has 2 heteroatoms. The van der Waals surface area contributed by atoms with Crippen molar-refractivity contribution in [3.63, 3.8) is 0 Å². The van der Waals surface area contributed by atoms with Crippen LogP contribution in [0, 0.1) is 6.92 Å². The lowest BCUT2D eigenvalue weighted by Gasteiger charge is -2.18. The van der Waals surface area contributed by atoms with E-state index in [1.165, 1.54) is 60.1 Å². The van der Waals surface area contributed by atoms with Crippen LogP contribution in [0.3, 0.4) is 0 Å². The summed E-state index contributed by atoms with van der Waals surface area (Å²) in [4.78, 5) is 8.69. The number of nitrogens with zero attached hydrogens (tertiary/aromatic N) is 2. The van der Waals surface area contributed by atoms with E-state index in [0.29, 0.717) is 0 Å². The molecule has 0 spiro atoms. The van der Waals surface area contributed by atoms with Gasteiger partial charge in [-0.15, -0.1) is 0 Å². The zero-order valence-electron chi connectivity index (χ0n) is 23.8. The monoisotopic (exact) mass is 548 g/mol. The van der Waals surface area contributed by atoms with Gasteiger partial charge in [-0.05, 0) is 96.9 Å². The Morgan fingerprint density at radius 1 is 0.372 bits per heavy atom. The molecule has 43 heavy (non-hydrogen) atoms. The normalized spacial score (nSPS) is 11.4. The van der Waals surface area contributed by atoms with E-state index in [2.05, 4.69) is 132 Å². The van der Waals surface area contributed by atoms with Crippen LogP contribution in [0.15, 0.2) is 152 Å². The van der Waals surface area contributed by atoms with Crippen molar-refractivity contribution in [2.75, 3.05) is 0 Å². The molecule has 0 atom stereocenters. The average molecular weight is 549 g/mol. The predicted octanol–water partition coefficient (Wildman–Crippen LogP) is 10.9. The highest BCUT2D eigenvalue weighted by Crippen LogP contribution is 2.44. The molecule has 0 saturated heterocycles. The third-order valence-electron chi connectivity index (χ3n) is 8.47. The fraction of sp³-hybridized carbons (Fsp3) is 0.0244. The van der Waals surface area contributed by atoms with Crippen molar-refractivity contribution in [2.24, 2.45) is 0 Å². The van der Waals surface area contributed by atoms with Gasteiger partial charge in [-0.2, -0.15) is 0 Å². The van der Waals surface area contributed by atoms with Gasteiger partial charge in [0.25, 0.3) is 0 Å². The number of fused-ring (bicyclic) bond motifs is 3. The molecule has 2 heterocycles. The zero-order chi connectivity index (χ0) is 28.8. The van der Waals surface area contributed by atoms with Crippen LogP contribution in [0.5, 0.6) is 0 Å². The molecule has 0 aliphatic rings. The second kappa shape index (κ2) is 10.3. The molecule has 8 rings (SSSR count). The highest BCUT2D eigenvalue weighted by atomic mass is 14.6. The highest BCUT2D eigenvalue weighted by Gasteiger charge is 2.17. The maximum atomic E-state index is 4.54. The first-order valence-corrected chi connectivity index (χ1v) is 14.6. The average Bonchev–Trinajstić information content (AvgIpc) is 3.07. The summed E-state index contributed by atoms with van der Waals surface area (Å²) in [5, 5.41) is 7.58. The maximum Gasteiger partial charge on any atom is 0.0346 e. The Kier molecular flexibility index (Phi) is 6.05. The Bertz CT molecular complexity index is 2230. The molecule has 0 bridgehead atoms. The molecule has 202 valence electrons. The Labute approximate surface area is 251 Å². The van der Waals surface area contributed by atoms with E-state index in [1.54, 1.807) is 0 Å². The van der Waals surface area contributed by atoms with Crippen LogP contribution in [0.4, 0.5) is 0 Å². The third kappa shape index (κ3) is 4.45. The summed E-state index contributed by atoms with van der Waals surface area (Å²) in [7, 11) is 0. The summed E-state index contributed by atoms with van der Waals surface area (Å²) in [6, 6.07) is 46.4. The van der Waals surface area contributed by atoms with E-state index in [9.17, 15) is 0 Å². The second-order valence-corrected chi connectivity index (χ2v) is 11.2. The SMILES string of the molecule is Cc1ccc2ccc(-c3c4ccccc4c(-c4ccc(-c5cncc(-c6ccncc6)c5)cc4)c4ccccc34)cc2c1. The van der Waals surface area contributed by atoms with E-state index < -0.39 is 0 Å². The highest BCUT2D eigenvalue weighted by molar-refractivity contribution is 6.21. The van der Waals surface area contributed by atoms with Gasteiger partial charge in [-0.3, -0.25) is 9.97 Å². The summed E-state index contributed by atoms with van der Waals surface area (Å²) < 4.78 is 0. The third-order valence-corrected chi connectivity index (χ3v) is 8.47. The summed E-state index contributed by atoms with van der Waals surface area (Å²) in [6.07, 6.45) is 7.48. The van der Waals surface area contributed by atoms with E-state index >= 15 is 0 Å². The molecule has 8 aromatic rings. The number of aryl methyl sites for hydroxylation is 1. The van der Waals surface area contributed by atoms with Gasteiger partial charge in [0, 0.05) is 35.9 Å². The molecule has 2 nitrogen and oxygen atoms in total. The van der Waals surface area contributed by atoms with E-state index in [1.807, 2.05) is 36.9 Å². The Hall–Kier alpha value is -5.60. The number of hydrogen-bond acceptors (Lipinski definition) is 2. The number of hydrogen-bond donors (Lipinski definition) is 0. The molecular formula is C41H28N2. The molecule has 2 aromatic heterocycles. The molecule has 6 aromatic carbocycles. The van der Waals surface area contributed by atoms with E-state index in [4.69, 9.17) is 0 Å². The fourth-order valence-electron chi connectivity index (χ4n) is 6.40. The summed E-state index contributed by atoms with van der Waals surface area (Å²) in [6.45, 7) is 2.16. The molecule has 0 amide bonds. The Balaban J connectivity index is 1.29. The fourth-order valence-corrected chi connectivity index (χ4v) is 6.40. The Morgan fingerprint density at radius 2 is 0.884 bits per heavy atom. The number of aromatic nitrogens is 2. The lowest BCUT2D eigenvalue weighted by atomic mass is 9.85. The molecule has 0 aliphatic heterocycles. The quantitative estimate of drug-likeness (QED) is 0.204. The summed E-state index contributed by atoms with van der Waals surface area (Å²) >= 11 is 0. The molecule has 0 unspecified atom stereocenters. The van der Waals surface area contributed by atoms with E-state index in [-0.39, 0.29) is 0 Å². The Morgan fingerprint density at radius 3 is 1.51 bits per heavy atom. The number of pyridine rings is 2. The smallest absolute Gasteiger partial charge is 0.0346 e. The van der Waals surface area contributed by atoms with Gasteiger partial charge in [-0.25, -0.2) is 0 Å². The number of benzene rings is 6. The van der Waals surface area contributed by atoms with Crippen LogP contribution < -0.4 is 0 Å². The van der Waals surface area contributed by atoms with Gasteiger partial charge >= 0.3 is 0 Å². The summed E-state index contributed by atoms with van der Waals surface area (Å²) in [5.41, 5.74) is 10.7. The second-order valence-electron chi connectivity index (χ2n) is 11.2. The van der Waals surface area contributed by atoms with Gasteiger partial charge in [0.1, 0.15) is 0 Å². The predicted molar refractivity (Wildman–Crippen MR) is 181 cm³/mol. The lowest BCUT2D eigenvalue weighted by Crippen LogP contribution is -1.91. The number of rotatable bonds is 4. The molecule has 0 N–H and O–H groups in total. The first-order chi connectivity index (χ1) is 21.2. The molecule has 0 radical (unpaired) electrons. The minimum absolute atomic E-state index is 1.08. The summed E-state index contributed by atoms with van der Waals surface area (Å²) in [5.74, 6) is 0. The zero-order valence-corrected chi connectivity index (χ0v) is 23.8. The van der Waals surface area contributed by atoms with Crippen molar-refractivity contribution >= 4 is 32.3 Å². The van der Waals surface area contributed by atoms with Crippen LogP contribution in [-0.4, -0.2) is 9.97 Å². The first kappa shape index (κ1) is 25.1. The molecular weight excluding hydrogens is 520 g/mol. The van der Waals surface area contributed by atoms with Crippen molar-refractivity contribution < 1.29 is 0 Å². The van der Waals surface area contributed by atoms with Crippen molar-refractivity contribution in [3.05, 3.63) is 158 Å². The van der Waals surface area contributed by atoms with Crippen LogP contribution >= 0.6 is 0 Å². The van der Waals surface area contributed by atoms with Crippen molar-refractivity contribution in [3.8, 4) is 44.5 Å². The van der Waals surface area contributed by atoms with Gasteiger partial charge in [0.15, 0.2) is 0 Å². The van der Waals surface area contributed by atoms with Crippen molar-refractivity contribution in [1.82, 2.24) is 9.97 Å². The standard InChI is InChI=1S/C41H28N2/c1-27-10-11-28-14-17-32(23-33(28)22-27)41-38-8-4-2-6-36(38)40(37-7-3-5-9-39(37)41)31-15-12-29(13-16-31)34-24-35(26-43-25-34)30-18-20-42-21-19-30/h2-26H,1H3. The van der Waals surface area contributed by atoms with Crippen LogP contribution in [0.25, 0.3) is 76.8 Å².